The molecule has 0 bridgehead atoms. The summed E-state index contributed by atoms with van der Waals surface area (Å²) in [5.74, 6) is 0.280. The zero-order valence-corrected chi connectivity index (χ0v) is 17.9. The van der Waals surface area contributed by atoms with E-state index in [0.29, 0.717) is 40.1 Å². The summed E-state index contributed by atoms with van der Waals surface area (Å²) in [5.41, 5.74) is 1.55. The molecule has 0 spiro atoms. The first-order chi connectivity index (χ1) is 14.4. The zero-order valence-electron chi connectivity index (χ0n) is 17.2. The molecule has 0 radical (unpaired) electrons. The van der Waals surface area contributed by atoms with E-state index in [0.717, 1.165) is 12.8 Å². The lowest BCUT2D eigenvalue weighted by Crippen LogP contribution is -2.26. The average molecular weight is 433 g/mol. The van der Waals surface area contributed by atoms with Crippen LogP contribution in [0.1, 0.15) is 37.0 Å². The zero-order chi connectivity index (χ0) is 21.7. The molecular weight excluding hydrogens is 408 g/mol. The molecule has 1 atom stereocenters. The smallest absolute Gasteiger partial charge is 0.255 e. The molecule has 1 fully saturated rings. The lowest BCUT2D eigenvalue weighted by Gasteiger charge is -2.16. The minimum absolute atomic E-state index is 0.0877. The molecule has 30 heavy (non-hydrogen) atoms. The molecule has 0 unspecified atom stereocenters. The molecule has 1 aliphatic rings. The van der Waals surface area contributed by atoms with Crippen LogP contribution in [0, 0.1) is 0 Å². The van der Waals surface area contributed by atoms with Gasteiger partial charge in [-0.1, -0.05) is 11.6 Å². The van der Waals surface area contributed by atoms with E-state index < -0.39 is 6.10 Å². The van der Waals surface area contributed by atoms with Gasteiger partial charge in [0.15, 0.2) is 11.5 Å². The maximum Gasteiger partial charge on any atom is 0.255 e. The highest BCUT2D eigenvalue weighted by Gasteiger charge is 2.23. The van der Waals surface area contributed by atoms with Crippen molar-refractivity contribution in [1.82, 2.24) is 0 Å². The Morgan fingerprint density at radius 2 is 1.80 bits per heavy atom. The van der Waals surface area contributed by atoms with Crippen LogP contribution in [-0.4, -0.2) is 37.7 Å². The maximum absolute atomic E-state index is 12.7. The van der Waals surface area contributed by atoms with Crippen molar-refractivity contribution in [2.24, 2.45) is 0 Å². The van der Waals surface area contributed by atoms with Crippen LogP contribution < -0.4 is 20.1 Å². The summed E-state index contributed by atoms with van der Waals surface area (Å²) in [6, 6.07) is 9.96. The van der Waals surface area contributed by atoms with E-state index in [1.807, 2.05) is 13.8 Å². The standard InChI is InChI=1S/C22H25ClN2O5/c1-13(2)30-20-17(23)11-14(12-19(20)28-3)21(26)24-15-6-8-16(9-7-15)25-22(27)18-5-4-10-29-18/h6-9,11-13,18H,4-5,10H2,1-3H3,(H,24,26)(H,25,27)/t18-/m0/s1. The van der Waals surface area contributed by atoms with Gasteiger partial charge in [-0.3, -0.25) is 9.59 Å². The molecule has 1 heterocycles. The van der Waals surface area contributed by atoms with Crippen LogP contribution in [0.3, 0.4) is 0 Å². The first kappa shape index (κ1) is 21.9. The van der Waals surface area contributed by atoms with Gasteiger partial charge in [0, 0.05) is 23.5 Å². The number of halogens is 1. The molecule has 2 aromatic carbocycles. The Bertz CT molecular complexity index is 908. The van der Waals surface area contributed by atoms with Crippen LogP contribution in [0.5, 0.6) is 11.5 Å². The summed E-state index contributed by atoms with van der Waals surface area (Å²) in [5, 5.41) is 5.91. The van der Waals surface area contributed by atoms with Crippen molar-refractivity contribution in [3.05, 3.63) is 47.0 Å². The van der Waals surface area contributed by atoms with Gasteiger partial charge in [-0.15, -0.1) is 0 Å². The van der Waals surface area contributed by atoms with Gasteiger partial charge in [-0.05, 0) is 63.1 Å². The van der Waals surface area contributed by atoms with E-state index in [4.69, 9.17) is 25.8 Å². The van der Waals surface area contributed by atoms with Gasteiger partial charge in [0.1, 0.15) is 6.10 Å². The van der Waals surface area contributed by atoms with Gasteiger partial charge in [0.25, 0.3) is 11.8 Å². The van der Waals surface area contributed by atoms with E-state index in [1.165, 1.54) is 13.2 Å². The number of carbonyl (C=O) groups excluding carboxylic acids is 2. The highest BCUT2D eigenvalue weighted by atomic mass is 35.5. The lowest BCUT2D eigenvalue weighted by atomic mass is 10.1. The van der Waals surface area contributed by atoms with Crippen LogP contribution >= 0.6 is 11.6 Å². The van der Waals surface area contributed by atoms with E-state index in [9.17, 15) is 9.59 Å². The molecule has 160 valence electrons. The number of ether oxygens (including phenoxy) is 3. The van der Waals surface area contributed by atoms with Crippen molar-refractivity contribution in [3.8, 4) is 11.5 Å². The lowest BCUT2D eigenvalue weighted by molar-refractivity contribution is -0.124. The van der Waals surface area contributed by atoms with E-state index in [2.05, 4.69) is 10.6 Å². The largest absolute Gasteiger partial charge is 0.493 e. The number of benzene rings is 2. The SMILES string of the molecule is COc1cc(C(=O)Nc2ccc(NC(=O)[C@@H]3CCCO3)cc2)cc(Cl)c1OC(C)C. The number of rotatable bonds is 7. The van der Waals surface area contributed by atoms with Gasteiger partial charge in [-0.25, -0.2) is 0 Å². The molecular formula is C22H25ClN2O5. The minimum atomic E-state index is -0.397. The molecule has 0 saturated carbocycles. The molecule has 2 N–H and O–H groups in total. The number of nitrogens with one attached hydrogen (secondary N) is 2. The van der Waals surface area contributed by atoms with Gasteiger partial charge < -0.3 is 24.8 Å². The normalized spacial score (nSPS) is 15.7. The Balaban J connectivity index is 1.66. The van der Waals surface area contributed by atoms with Gasteiger partial charge in [-0.2, -0.15) is 0 Å². The monoisotopic (exact) mass is 432 g/mol. The average Bonchev–Trinajstić information content (AvgIpc) is 3.25. The molecule has 2 amide bonds. The molecule has 8 heteroatoms. The third-order valence-corrected chi connectivity index (χ3v) is 4.76. The molecule has 1 aliphatic heterocycles. The van der Waals surface area contributed by atoms with Crippen molar-refractivity contribution in [1.29, 1.82) is 0 Å². The summed E-state index contributed by atoms with van der Waals surface area (Å²) in [6.45, 7) is 4.37. The van der Waals surface area contributed by atoms with Crippen LogP contribution in [0.4, 0.5) is 11.4 Å². The first-order valence-electron chi connectivity index (χ1n) is 9.75. The second-order valence-electron chi connectivity index (χ2n) is 7.18. The molecule has 2 aromatic rings. The number of carbonyl (C=O) groups is 2. The fourth-order valence-electron chi connectivity index (χ4n) is 3.05. The Hall–Kier alpha value is -2.77. The third kappa shape index (κ3) is 5.43. The van der Waals surface area contributed by atoms with E-state index in [-0.39, 0.29) is 17.9 Å². The van der Waals surface area contributed by atoms with Crippen molar-refractivity contribution in [2.75, 3.05) is 24.4 Å². The minimum Gasteiger partial charge on any atom is -0.493 e. The third-order valence-electron chi connectivity index (χ3n) is 4.48. The fourth-order valence-corrected chi connectivity index (χ4v) is 3.30. The maximum atomic E-state index is 12.7. The Morgan fingerprint density at radius 3 is 2.37 bits per heavy atom. The fraction of sp³-hybridized carbons (Fsp3) is 0.364. The summed E-state index contributed by atoms with van der Waals surface area (Å²) >= 11 is 6.29. The Kier molecular flexibility index (Phi) is 7.18. The number of amides is 2. The van der Waals surface area contributed by atoms with Gasteiger partial charge in [0.2, 0.25) is 0 Å². The second-order valence-corrected chi connectivity index (χ2v) is 7.59. The van der Waals surface area contributed by atoms with Crippen molar-refractivity contribution >= 4 is 34.8 Å². The number of anilines is 2. The first-order valence-corrected chi connectivity index (χ1v) is 10.1. The van der Waals surface area contributed by atoms with Gasteiger partial charge >= 0.3 is 0 Å². The molecule has 7 nitrogen and oxygen atoms in total. The summed E-state index contributed by atoms with van der Waals surface area (Å²) in [7, 11) is 1.49. The summed E-state index contributed by atoms with van der Waals surface area (Å²) < 4.78 is 16.4. The van der Waals surface area contributed by atoms with Crippen molar-refractivity contribution in [3.63, 3.8) is 0 Å². The predicted molar refractivity (Wildman–Crippen MR) is 116 cm³/mol. The van der Waals surface area contributed by atoms with Crippen LogP contribution in [0.15, 0.2) is 36.4 Å². The second kappa shape index (κ2) is 9.82. The van der Waals surface area contributed by atoms with E-state index >= 15 is 0 Å². The number of hydrogen-bond acceptors (Lipinski definition) is 5. The van der Waals surface area contributed by atoms with Crippen molar-refractivity contribution < 1.29 is 23.8 Å². The van der Waals surface area contributed by atoms with E-state index in [1.54, 1.807) is 30.3 Å². The molecule has 1 saturated heterocycles. The highest BCUT2D eigenvalue weighted by molar-refractivity contribution is 6.32. The topological polar surface area (TPSA) is 85.9 Å². The predicted octanol–water partition coefficient (Wildman–Crippen LogP) is 4.51. The summed E-state index contributed by atoms with van der Waals surface area (Å²) in [6.07, 6.45) is 1.14. The van der Waals surface area contributed by atoms with Gasteiger partial charge in [0.05, 0.1) is 18.2 Å². The molecule has 0 aliphatic carbocycles. The Labute approximate surface area is 180 Å². The summed E-state index contributed by atoms with van der Waals surface area (Å²) in [4.78, 5) is 24.8. The van der Waals surface area contributed by atoms with Crippen LogP contribution in [0.25, 0.3) is 0 Å². The Morgan fingerprint density at radius 1 is 1.13 bits per heavy atom. The van der Waals surface area contributed by atoms with Crippen LogP contribution in [0.2, 0.25) is 5.02 Å². The quantitative estimate of drug-likeness (QED) is 0.672. The van der Waals surface area contributed by atoms with Crippen molar-refractivity contribution in [2.45, 2.75) is 38.9 Å². The molecule has 3 rings (SSSR count). The number of methoxy groups -OCH3 is 1. The number of hydrogen-bond donors (Lipinski definition) is 2. The highest BCUT2D eigenvalue weighted by Crippen LogP contribution is 2.37. The molecule has 0 aromatic heterocycles. The van der Waals surface area contributed by atoms with Crippen LogP contribution in [-0.2, 0) is 9.53 Å².